The number of fused-ring (bicyclic) bond motifs is 1. The van der Waals surface area contributed by atoms with Crippen molar-refractivity contribution in [1.82, 2.24) is 14.6 Å². The number of anilines is 1. The molecule has 0 saturated heterocycles. The molecule has 7 heteroatoms. The van der Waals surface area contributed by atoms with E-state index < -0.39 is 12.2 Å². The first-order valence-corrected chi connectivity index (χ1v) is 6.26. The van der Waals surface area contributed by atoms with Gasteiger partial charge in [0, 0.05) is 5.56 Å². The summed E-state index contributed by atoms with van der Waals surface area (Å²) in [6.07, 6.45) is -0.00919. The number of rotatable bonds is 3. The molecule has 0 bridgehead atoms. The van der Waals surface area contributed by atoms with E-state index in [0.29, 0.717) is 17.2 Å². The van der Waals surface area contributed by atoms with Crippen LogP contribution >= 0.6 is 0 Å². The second-order valence-corrected chi connectivity index (χ2v) is 4.46. The second-order valence-electron chi connectivity index (χ2n) is 4.46. The number of nitrogens with two attached hydrogens (primary N) is 2. The lowest BCUT2D eigenvalue weighted by Gasteiger charge is -2.13. The molecule has 0 aliphatic heterocycles. The molecular formula is C14H13N5O2. The minimum atomic E-state index is -0.887. The first-order chi connectivity index (χ1) is 10.1. The van der Waals surface area contributed by atoms with Gasteiger partial charge in [-0.3, -0.25) is 0 Å². The van der Waals surface area contributed by atoms with Crippen molar-refractivity contribution in [3.8, 4) is 0 Å². The Morgan fingerprint density at radius 2 is 1.95 bits per heavy atom. The first-order valence-electron chi connectivity index (χ1n) is 6.26. The van der Waals surface area contributed by atoms with Crippen LogP contribution in [0.5, 0.6) is 0 Å². The monoisotopic (exact) mass is 283 g/mol. The maximum Gasteiger partial charge on any atom is 0.405 e. The minimum Gasteiger partial charge on any atom is -0.433 e. The van der Waals surface area contributed by atoms with Gasteiger partial charge in [0.05, 0.1) is 11.9 Å². The highest BCUT2D eigenvalue weighted by molar-refractivity contribution is 5.65. The molecule has 3 aromatic rings. The fourth-order valence-electron chi connectivity index (χ4n) is 2.04. The van der Waals surface area contributed by atoms with Crippen LogP contribution in [0, 0.1) is 0 Å². The number of carbonyl (C=O) groups excluding carboxylic acids is 1. The van der Waals surface area contributed by atoms with Crippen LogP contribution in [0.2, 0.25) is 0 Å². The molecule has 1 atom stereocenters. The fourth-order valence-corrected chi connectivity index (χ4v) is 2.04. The molecule has 21 heavy (non-hydrogen) atoms. The Morgan fingerprint density at radius 1 is 1.19 bits per heavy atom. The van der Waals surface area contributed by atoms with Gasteiger partial charge in [-0.2, -0.15) is 0 Å². The summed E-state index contributed by atoms with van der Waals surface area (Å²) < 4.78 is 6.68. The van der Waals surface area contributed by atoms with Crippen molar-refractivity contribution >= 4 is 17.4 Å². The molecule has 0 spiro atoms. The Morgan fingerprint density at radius 3 is 2.67 bits per heavy atom. The van der Waals surface area contributed by atoms with E-state index in [1.807, 2.05) is 30.3 Å². The van der Waals surface area contributed by atoms with E-state index >= 15 is 0 Å². The van der Waals surface area contributed by atoms with Crippen LogP contribution in [-0.2, 0) is 4.74 Å². The third kappa shape index (κ3) is 2.62. The highest BCUT2D eigenvalue weighted by Crippen LogP contribution is 2.24. The van der Waals surface area contributed by atoms with Crippen LogP contribution in [0.4, 0.5) is 10.5 Å². The molecule has 2 aromatic heterocycles. The maximum atomic E-state index is 11.1. The van der Waals surface area contributed by atoms with Crippen LogP contribution in [0.3, 0.4) is 0 Å². The van der Waals surface area contributed by atoms with Gasteiger partial charge in [-0.1, -0.05) is 30.3 Å². The molecule has 106 valence electrons. The SMILES string of the molecule is NC(=O)OC(c1ccccc1)c1nc2ccc(N)cn2n1. The molecule has 1 unspecified atom stereocenters. The summed E-state index contributed by atoms with van der Waals surface area (Å²) in [6, 6.07) is 12.6. The van der Waals surface area contributed by atoms with E-state index in [1.165, 1.54) is 4.52 Å². The van der Waals surface area contributed by atoms with Crippen LogP contribution in [0.1, 0.15) is 17.5 Å². The summed E-state index contributed by atoms with van der Waals surface area (Å²) in [5, 5.41) is 4.30. The number of aromatic nitrogens is 3. The van der Waals surface area contributed by atoms with E-state index in [2.05, 4.69) is 10.1 Å². The average Bonchev–Trinajstić information content (AvgIpc) is 2.88. The number of hydrogen-bond donors (Lipinski definition) is 2. The molecule has 2 heterocycles. The van der Waals surface area contributed by atoms with Crippen LogP contribution in [0.25, 0.3) is 5.65 Å². The topological polar surface area (TPSA) is 109 Å². The molecule has 0 fully saturated rings. The molecule has 0 radical (unpaired) electrons. The lowest BCUT2D eigenvalue weighted by atomic mass is 10.1. The summed E-state index contributed by atoms with van der Waals surface area (Å²) in [5.74, 6) is 0.339. The Bertz CT molecular complexity index is 784. The molecule has 1 amide bonds. The Balaban J connectivity index is 2.07. The van der Waals surface area contributed by atoms with Crippen LogP contribution in [-0.4, -0.2) is 20.7 Å². The number of nitrogen functional groups attached to an aromatic ring is 1. The number of primary amides is 1. The largest absolute Gasteiger partial charge is 0.433 e. The highest BCUT2D eigenvalue weighted by atomic mass is 16.6. The van der Waals surface area contributed by atoms with Gasteiger partial charge in [-0.25, -0.2) is 14.3 Å². The Kier molecular flexibility index (Phi) is 3.15. The van der Waals surface area contributed by atoms with Crippen LogP contribution in [0.15, 0.2) is 48.7 Å². The van der Waals surface area contributed by atoms with E-state index in [0.717, 1.165) is 5.56 Å². The zero-order valence-corrected chi connectivity index (χ0v) is 11.0. The third-order valence-corrected chi connectivity index (χ3v) is 2.94. The number of carbonyl (C=O) groups is 1. The fraction of sp³-hybridized carbons (Fsp3) is 0.0714. The minimum absolute atomic E-state index is 0.339. The van der Waals surface area contributed by atoms with Crippen LogP contribution < -0.4 is 11.5 Å². The normalized spacial score (nSPS) is 12.2. The summed E-state index contributed by atoms with van der Waals surface area (Å²) in [4.78, 5) is 15.5. The van der Waals surface area contributed by atoms with E-state index in [1.54, 1.807) is 18.3 Å². The first kappa shape index (κ1) is 12.9. The van der Waals surface area contributed by atoms with Gasteiger partial charge in [0.2, 0.25) is 0 Å². The molecule has 0 aliphatic rings. The van der Waals surface area contributed by atoms with Gasteiger partial charge < -0.3 is 16.2 Å². The summed E-state index contributed by atoms with van der Waals surface area (Å²) in [6.45, 7) is 0. The van der Waals surface area contributed by atoms with E-state index in [-0.39, 0.29) is 0 Å². The standard InChI is InChI=1S/C14H13N5O2/c15-10-6-7-11-17-13(18-19(11)8-10)12(21-14(16)20)9-4-2-1-3-5-9/h1-8,12H,15H2,(H2,16,20). The smallest absolute Gasteiger partial charge is 0.405 e. The zero-order valence-electron chi connectivity index (χ0n) is 11.0. The van der Waals surface area contributed by atoms with Crippen molar-refractivity contribution in [3.05, 3.63) is 60.0 Å². The number of nitrogens with zero attached hydrogens (tertiary/aromatic N) is 3. The van der Waals surface area contributed by atoms with E-state index in [9.17, 15) is 4.79 Å². The number of benzene rings is 1. The van der Waals surface area contributed by atoms with Crippen molar-refractivity contribution in [2.75, 3.05) is 5.73 Å². The van der Waals surface area contributed by atoms with Gasteiger partial charge in [-0.05, 0) is 12.1 Å². The average molecular weight is 283 g/mol. The Hall–Kier alpha value is -3.09. The van der Waals surface area contributed by atoms with Gasteiger partial charge in [-0.15, -0.1) is 5.10 Å². The number of ether oxygens (including phenoxy) is 1. The lowest BCUT2D eigenvalue weighted by Crippen LogP contribution is -2.19. The molecule has 0 aliphatic carbocycles. The predicted octanol–water partition coefficient (Wildman–Crippen LogP) is 1.50. The predicted molar refractivity (Wildman–Crippen MR) is 76.4 cm³/mol. The van der Waals surface area contributed by atoms with Gasteiger partial charge >= 0.3 is 6.09 Å². The van der Waals surface area contributed by atoms with E-state index in [4.69, 9.17) is 16.2 Å². The molecule has 7 nitrogen and oxygen atoms in total. The van der Waals surface area contributed by atoms with Gasteiger partial charge in [0.15, 0.2) is 17.6 Å². The zero-order chi connectivity index (χ0) is 14.8. The quantitative estimate of drug-likeness (QED) is 0.757. The summed E-state index contributed by atoms with van der Waals surface area (Å²) in [7, 11) is 0. The van der Waals surface area contributed by atoms with Crippen molar-refractivity contribution in [2.45, 2.75) is 6.10 Å². The number of hydrogen-bond acceptors (Lipinski definition) is 5. The summed E-state index contributed by atoms with van der Waals surface area (Å²) >= 11 is 0. The molecule has 0 saturated carbocycles. The van der Waals surface area contributed by atoms with Crippen molar-refractivity contribution in [1.29, 1.82) is 0 Å². The van der Waals surface area contributed by atoms with Gasteiger partial charge in [0.25, 0.3) is 0 Å². The number of amides is 1. The maximum absolute atomic E-state index is 11.1. The van der Waals surface area contributed by atoms with Crippen molar-refractivity contribution in [2.24, 2.45) is 5.73 Å². The third-order valence-electron chi connectivity index (χ3n) is 2.94. The summed E-state index contributed by atoms with van der Waals surface area (Å²) in [5.41, 5.74) is 12.8. The van der Waals surface area contributed by atoms with Gasteiger partial charge in [0.1, 0.15) is 0 Å². The van der Waals surface area contributed by atoms with Crippen molar-refractivity contribution < 1.29 is 9.53 Å². The molecule has 4 N–H and O–H groups in total. The lowest BCUT2D eigenvalue weighted by molar-refractivity contribution is 0.122. The Labute approximate surface area is 120 Å². The molecular weight excluding hydrogens is 270 g/mol. The highest BCUT2D eigenvalue weighted by Gasteiger charge is 2.22. The molecule has 1 aromatic carbocycles. The van der Waals surface area contributed by atoms with Crippen molar-refractivity contribution in [3.63, 3.8) is 0 Å². The molecule has 3 rings (SSSR count). The second kappa shape index (κ2) is 5.12. The number of pyridine rings is 1.